The van der Waals surface area contributed by atoms with Gasteiger partial charge in [-0.15, -0.1) is 0 Å². The van der Waals surface area contributed by atoms with Crippen LogP contribution in [0.4, 0.5) is 10.5 Å². The van der Waals surface area contributed by atoms with Gasteiger partial charge in [0, 0.05) is 18.7 Å². The molecule has 0 saturated heterocycles. The van der Waals surface area contributed by atoms with Crippen LogP contribution in [0.15, 0.2) is 72.8 Å². The Hall–Kier alpha value is -4.13. The van der Waals surface area contributed by atoms with Gasteiger partial charge in [0.2, 0.25) is 5.91 Å². The molecule has 3 aromatic rings. The lowest BCUT2D eigenvalue weighted by molar-refractivity contribution is -0.140. The third-order valence-electron chi connectivity index (χ3n) is 6.83. The van der Waals surface area contributed by atoms with Crippen LogP contribution in [0.2, 0.25) is 0 Å². The Labute approximate surface area is 244 Å². The summed E-state index contributed by atoms with van der Waals surface area (Å²) in [5.41, 5.74) is 4.57. The molecule has 0 aliphatic heterocycles. The first-order valence-corrected chi connectivity index (χ1v) is 14.2. The Morgan fingerprint density at radius 2 is 1.51 bits per heavy atom. The molecule has 3 amide bonds. The highest BCUT2D eigenvalue weighted by Crippen LogP contribution is 2.28. The van der Waals surface area contributed by atoms with E-state index >= 15 is 0 Å². The molecule has 0 fully saturated rings. The first-order chi connectivity index (χ1) is 19.4. The number of amides is 3. The Kier molecular flexibility index (Phi) is 10.7. The van der Waals surface area contributed by atoms with Gasteiger partial charge in [0.05, 0.1) is 0 Å². The van der Waals surface area contributed by atoms with E-state index in [0.717, 1.165) is 22.3 Å². The molecule has 7 nitrogen and oxygen atoms in total. The summed E-state index contributed by atoms with van der Waals surface area (Å²) in [5, 5.41) is 5.85. The second kappa shape index (κ2) is 14.0. The number of carbonyl (C=O) groups excluding carboxylic acids is 3. The minimum absolute atomic E-state index is 0.248. The predicted octanol–water partition coefficient (Wildman–Crippen LogP) is 6.67. The molecule has 2 N–H and O–H groups in total. The fourth-order valence-corrected chi connectivity index (χ4v) is 4.63. The molecule has 0 radical (unpaired) electrons. The van der Waals surface area contributed by atoms with E-state index in [9.17, 15) is 14.4 Å². The maximum Gasteiger partial charge on any atom is 0.408 e. The number of hydrogen-bond donors (Lipinski definition) is 2. The van der Waals surface area contributed by atoms with Crippen LogP contribution in [0.5, 0.6) is 0 Å². The molecular weight excluding hydrogens is 514 g/mol. The average Bonchev–Trinajstić information content (AvgIpc) is 2.90. The molecule has 0 aliphatic rings. The number of aryl methyl sites for hydroxylation is 3. The predicted molar refractivity (Wildman–Crippen MR) is 164 cm³/mol. The molecular formula is C34H43N3O4. The van der Waals surface area contributed by atoms with Gasteiger partial charge in [-0.25, -0.2) is 4.79 Å². The minimum atomic E-state index is -0.945. The number of nitrogens with one attached hydrogen (secondary N) is 2. The monoisotopic (exact) mass is 557 g/mol. The van der Waals surface area contributed by atoms with Crippen LogP contribution in [0.1, 0.15) is 68.0 Å². The first kappa shape index (κ1) is 31.4. The number of rotatable bonds is 10. The molecule has 2 atom stereocenters. The lowest BCUT2D eigenvalue weighted by Crippen LogP contribution is -2.53. The summed E-state index contributed by atoms with van der Waals surface area (Å²) in [6.07, 6.45) is 0.184. The topological polar surface area (TPSA) is 87.7 Å². The summed E-state index contributed by atoms with van der Waals surface area (Å²) >= 11 is 0. The third kappa shape index (κ3) is 8.93. The zero-order valence-electron chi connectivity index (χ0n) is 25.3. The van der Waals surface area contributed by atoms with Crippen molar-refractivity contribution in [2.75, 3.05) is 11.9 Å². The number of para-hydroxylation sites is 1. The van der Waals surface area contributed by atoms with Gasteiger partial charge in [0.15, 0.2) is 0 Å². The Morgan fingerprint density at radius 1 is 0.854 bits per heavy atom. The van der Waals surface area contributed by atoms with Crippen molar-refractivity contribution < 1.29 is 19.1 Å². The lowest BCUT2D eigenvalue weighted by Gasteiger charge is -2.34. The van der Waals surface area contributed by atoms with Crippen molar-refractivity contribution in [1.82, 2.24) is 10.2 Å². The number of nitrogens with zero attached hydrogens (tertiary/aromatic N) is 1. The van der Waals surface area contributed by atoms with Crippen molar-refractivity contribution in [3.63, 3.8) is 0 Å². The van der Waals surface area contributed by atoms with E-state index in [1.165, 1.54) is 0 Å². The fourth-order valence-electron chi connectivity index (χ4n) is 4.63. The van der Waals surface area contributed by atoms with Gasteiger partial charge in [0.25, 0.3) is 5.91 Å². The zero-order chi connectivity index (χ0) is 30.2. The summed E-state index contributed by atoms with van der Waals surface area (Å²) in [6.45, 7) is 13.5. The SMILES string of the molecule is CCCN(C(=O)C(Cc1ccccc1)NC(=O)OC(C)(C)C)C(C(=O)Nc1ccccc1C)c1ccc(C)c(C)c1. The molecule has 218 valence electrons. The molecule has 0 bridgehead atoms. The quantitative estimate of drug-likeness (QED) is 0.292. The van der Waals surface area contributed by atoms with Crippen molar-refractivity contribution >= 4 is 23.6 Å². The van der Waals surface area contributed by atoms with Gasteiger partial charge in [-0.3, -0.25) is 9.59 Å². The minimum Gasteiger partial charge on any atom is -0.444 e. The summed E-state index contributed by atoms with van der Waals surface area (Å²) in [4.78, 5) is 42.9. The van der Waals surface area contributed by atoms with Gasteiger partial charge in [-0.1, -0.05) is 73.7 Å². The van der Waals surface area contributed by atoms with E-state index in [0.29, 0.717) is 24.2 Å². The summed E-state index contributed by atoms with van der Waals surface area (Å²) in [6, 6.07) is 21.0. The van der Waals surface area contributed by atoms with Crippen molar-refractivity contribution in [3.8, 4) is 0 Å². The molecule has 0 aromatic heterocycles. The molecule has 7 heteroatoms. The highest BCUT2D eigenvalue weighted by molar-refractivity contribution is 5.99. The van der Waals surface area contributed by atoms with Crippen molar-refractivity contribution in [1.29, 1.82) is 0 Å². The van der Waals surface area contributed by atoms with Crippen molar-refractivity contribution in [3.05, 3.63) is 101 Å². The maximum atomic E-state index is 14.4. The third-order valence-corrected chi connectivity index (χ3v) is 6.83. The van der Waals surface area contributed by atoms with Crippen LogP contribution in [-0.2, 0) is 20.7 Å². The van der Waals surface area contributed by atoms with Crippen molar-refractivity contribution in [2.24, 2.45) is 0 Å². The van der Waals surface area contributed by atoms with Gasteiger partial charge in [0.1, 0.15) is 17.7 Å². The largest absolute Gasteiger partial charge is 0.444 e. The number of carbonyl (C=O) groups is 3. The molecule has 0 spiro atoms. The van der Waals surface area contributed by atoms with E-state index in [2.05, 4.69) is 10.6 Å². The molecule has 41 heavy (non-hydrogen) atoms. The molecule has 0 saturated carbocycles. The highest BCUT2D eigenvalue weighted by Gasteiger charge is 2.36. The van der Waals surface area contributed by atoms with Gasteiger partial charge >= 0.3 is 6.09 Å². The average molecular weight is 558 g/mol. The standard InChI is InChI=1S/C34H43N3O4/c1-8-20-37(32(39)29(22-26-15-10-9-11-16-26)36-33(40)41-34(5,6)7)30(27-19-18-23(2)25(4)21-27)31(38)35-28-17-13-12-14-24(28)3/h9-19,21,29-30H,8,20,22H2,1-7H3,(H,35,38)(H,36,40). The number of alkyl carbamates (subject to hydrolysis) is 1. The van der Waals surface area contributed by atoms with Crippen molar-refractivity contribution in [2.45, 2.75) is 79.0 Å². The number of hydrogen-bond acceptors (Lipinski definition) is 4. The van der Waals surface area contributed by atoms with Crippen LogP contribution in [-0.4, -0.2) is 41.0 Å². The van der Waals surface area contributed by atoms with Crippen LogP contribution in [0.25, 0.3) is 0 Å². The van der Waals surface area contributed by atoms with Crippen LogP contribution in [0.3, 0.4) is 0 Å². The van der Waals surface area contributed by atoms with E-state index in [-0.39, 0.29) is 18.2 Å². The molecule has 3 rings (SSSR count). The van der Waals surface area contributed by atoms with Gasteiger partial charge in [-0.05, 0) is 81.8 Å². The Morgan fingerprint density at radius 3 is 2.12 bits per heavy atom. The van der Waals surface area contributed by atoms with Gasteiger partial charge in [-0.2, -0.15) is 0 Å². The zero-order valence-corrected chi connectivity index (χ0v) is 25.3. The molecule has 0 aliphatic carbocycles. The van der Waals surface area contributed by atoms with Crippen LogP contribution >= 0.6 is 0 Å². The molecule has 2 unspecified atom stereocenters. The highest BCUT2D eigenvalue weighted by atomic mass is 16.6. The normalized spacial score (nSPS) is 12.7. The number of benzene rings is 3. The van der Waals surface area contributed by atoms with Crippen LogP contribution < -0.4 is 10.6 Å². The summed E-state index contributed by atoms with van der Waals surface area (Å²) in [5.74, 6) is -0.676. The first-order valence-electron chi connectivity index (χ1n) is 14.2. The lowest BCUT2D eigenvalue weighted by atomic mass is 9.97. The van der Waals surface area contributed by atoms with E-state index in [4.69, 9.17) is 4.74 Å². The smallest absolute Gasteiger partial charge is 0.408 e. The second-order valence-electron chi connectivity index (χ2n) is 11.5. The van der Waals surface area contributed by atoms with Gasteiger partial charge < -0.3 is 20.3 Å². The summed E-state index contributed by atoms with van der Waals surface area (Å²) < 4.78 is 5.51. The van der Waals surface area contributed by atoms with E-state index in [1.807, 2.05) is 100 Å². The maximum absolute atomic E-state index is 14.4. The van der Waals surface area contributed by atoms with Crippen LogP contribution in [0, 0.1) is 20.8 Å². The second-order valence-corrected chi connectivity index (χ2v) is 11.5. The molecule has 0 heterocycles. The Bertz CT molecular complexity index is 1350. The molecule has 3 aromatic carbocycles. The Balaban J connectivity index is 2.06. The summed E-state index contributed by atoms with van der Waals surface area (Å²) in [7, 11) is 0. The van der Waals surface area contributed by atoms with E-state index in [1.54, 1.807) is 25.7 Å². The van der Waals surface area contributed by atoms with E-state index < -0.39 is 23.8 Å². The number of anilines is 1. The number of ether oxygens (including phenoxy) is 1. The fraction of sp³-hybridized carbons (Fsp3) is 0.382.